The number of nitrogens with zero attached hydrogens (tertiary/aromatic N) is 1. The number of benzene rings is 1. The van der Waals surface area contributed by atoms with Crippen LogP contribution >= 0.6 is 23.2 Å². The van der Waals surface area contributed by atoms with Gasteiger partial charge in [0, 0.05) is 57.9 Å². The molecule has 5 heteroatoms. The minimum atomic E-state index is -0.354. The molecule has 1 aromatic carbocycles. The van der Waals surface area contributed by atoms with Gasteiger partial charge in [0.05, 0.1) is 0 Å². The van der Waals surface area contributed by atoms with E-state index in [1.807, 2.05) is 6.07 Å². The molecule has 0 saturated carbocycles. The van der Waals surface area contributed by atoms with Gasteiger partial charge in [-0.2, -0.15) is 0 Å². The molecule has 0 unspecified atom stereocenters. The summed E-state index contributed by atoms with van der Waals surface area (Å²) in [5.41, 5.74) is 4.55. The van der Waals surface area contributed by atoms with Gasteiger partial charge in [-0.25, -0.2) is 0 Å². The summed E-state index contributed by atoms with van der Waals surface area (Å²) in [6.07, 6.45) is 4.56. The Hall–Kier alpha value is -1.58. The first-order valence-corrected chi connectivity index (χ1v) is 10.0. The quantitative estimate of drug-likeness (QED) is 0.676. The molecule has 1 aromatic rings. The molecule has 0 N–H and O–H groups in total. The zero-order valence-electron chi connectivity index (χ0n) is 14.8. The van der Waals surface area contributed by atoms with Crippen molar-refractivity contribution in [2.45, 2.75) is 51.4 Å². The summed E-state index contributed by atoms with van der Waals surface area (Å²) in [5.74, 6) is -0.0653. The third-order valence-electron chi connectivity index (χ3n) is 5.68. The predicted molar refractivity (Wildman–Crippen MR) is 103 cm³/mol. The maximum Gasteiger partial charge on any atom is 0.161 e. The van der Waals surface area contributed by atoms with E-state index < -0.39 is 0 Å². The number of halogens is 2. The molecule has 0 amide bonds. The van der Waals surface area contributed by atoms with E-state index in [1.54, 1.807) is 12.1 Å². The normalized spacial score (nSPS) is 21.3. The maximum atomic E-state index is 12.9. The molecule has 136 valence electrons. The van der Waals surface area contributed by atoms with Crippen molar-refractivity contribution in [3.63, 3.8) is 0 Å². The number of allylic oxidation sites excluding steroid dienone is 4. The maximum absolute atomic E-state index is 12.9. The van der Waals surface area contributed by atoms with E-state index >= 15 is 0 Å². The van der Waals surface area contributed by atoms with Crippen molar-refractivity contribution in [1.29, 1.82) is 0 Å². The number of Topliss-reactive ketones (excluding diaryl/α,β-unsaturated/α-hetero) is 2. The average Bonchev–Trinajstić information content (AvgIpc) is 2.61. The van der Waals surface area contributed by atoms with Gasteiger partial charge in [-0.1, -0.05) is 29.3 Å². The number of hydrogen-bond acceptors (Lipinski definition) is 3. The van der Waals surface area contributed by atoms with Crippen LogP contribution in [0.4, 0.5) is 0 Å². The fourth-order valence-electron chi connectivity index (χ4n) is 4.64. The number of carbonyl (C=O) groups excluding carboxylic acids is 2. The van der Waals surface area contributed by atoms with E-state index in [2.05, 4.69) is 11.8 Å². The molecule has 0 aromatic heterocycles. The molecule has 0 saturated heterocycles. The molecule has 0 spiro atoms. The highest BCUT2D eigenvalue weighted by molar-refractivity contribution is 6.35. The van der Waals surface area contributed by atoms with E-state index in [9.17, 15) is 9.59 Å². The van der Waals surface area contributed by atoms with Crippen LogP contribution in [0.15, 0.2) is 40.7 Å². The van der Waals surface area contributed by atoms with Gasteiger partial charge in [-0.15, -0.1) is 0 Å². The lowest BCUT2D eigenvalue weighted by atomic mass is 9.71. The summed E-state index contributed by atoms with van der Waals surface area (Å²) in [7, 11) is 0. The van der Waals surface area contributed by atoms with Crippen LogP contribution in [0.3, 0.4) is 0 Å². The molecule has 26 heavy (non-hydrogen) atoms. The lowest BCUT2D eigenvalue weighted by Crippen LogP contribution is -2.39. The van der Waals surface area contributed by atoms with Crippen LogP contribution in [0.25, 0.3) is 0 Å². The first-order chi connectivity index (χ1) is 12.5. The highest BCUT2D eigenvalue weighted by Gasteiger charge is 2.43. The van der Waals surface area contributed by atoms with Gasteiger partial charge in [0.25, 0.3) is 0 Å². The Balaban J connectivity index is 1.99. The Morgan fingerprint density at radius 2 is 1.54 bits per heavy atom. The third kappa shape index (κ3) is 2.73. The molecule has 3 nitrogen and oxygen atoms in total. The van der Waals surface area contributed by atoms with Crippen molar-refractivity contribution in [2.75, 3.05) is 6.54 Å². The second kappa shape index (κ2) is 6.86. The Labute approximate surface area is 163 Å². The predicted octanol–water partition coefficient (Wildman–Crippen LogP) is 5.43. The summed E-state index contributed by atoms with van der Waals surface area (Å²) in [6, 6.07) is 5.36. The molecule has 0 bridgehead atoms. The van der Waals surface area contributed by atoms with Gasteiger partial charge in [-0.3, -0.25) is 9.59 Å². The molecule has 0 atom stereocenters. The molecular formula is C21H21Cl2NO2. The van der Waals surface area contributed by atoms with Crippen molar-refractivity contribution in [3.05, 3.63) is 56.3 Å². The van der Waals surface area contributed by atoms with Crippen molar-refractivity contribution >= 4 is 34.8 Å². The first kappa shape index (κ1) is 17.8. The standard InChI is InChI=1S/C21H21Cl2NO2/c1-2-24-15-5-3-7-17(25)20(15)19(13-10-9-12(22)11-14(13)23)21-16(24)6-4-8-18(21)26/h9-11,19H,2-8H2,1H3. The zero-order chi connectivity index (χ0) is 18.4. The van der Waals surface area contributed by atoms with Gasteiger partial charge < -0.3 is 4.90 Å². The van der Waals surface area contributed by atoms with Crippen LogP contribution in [-0.4, -0.2) is 23.0 Å². The van der Waals surface area contributed by atoms with Crippen molar-refractivity contribution < 1.29 is 9.59 Å². The summed E-state index contributed by atoms with van der Waals surface area (Å²) in [4.78, 5) is 28.1. The molecule has 1 heterocycles. The largest absolute Gasteiger partial charge is 0.348 e. The van der Waals surface area contributed by atoms with Crippen molar-refractivity contribution in [1.82, 2.24) is 4.90 Å². The number of rotatable bonds is 2. The Bertz CT molecular complexity index is 825. The highest BCUT2D eigenvalue weighted by atomic mass is 35.5. The first-order valence-electron chi connectivity index (χ1n) is 9.28. The lowest BCUT2D eigenvalue weighted by Gasteiger charge is -2.43. The fraction of sp³-hybridized carbons (Fsp3) is 0.429. The molecule has 2 aliphatic carbocycles. The average molecular weight is 390 g/mol. The van der Waals surface area contributed by atoms with Crippen molar-refractivity contribution in [3.8, 4) is 0 Å². The van der Waals surface area contributed by atoms with Crippen molar-refractivity contribution in [2.24, 2.45) is 0 Å². The highest BCUT2D eigenvalue weighted by Crippen LogP contribution is 2.50. The van der Waals surface area contributed by atoms with E-state index in [1.165, 1.54) is 0 Å². The summed E-state index contributed by atoms with van der Waals surface area (Å²) >= 11 is 12.6. The van der Waals surface area contributed by atoms with E-state index in [-0.39, 0.29) is 17.5 Å². The monoisotopic (exact) mass is 389 g/mol. The molecule has 3 aliphatic rings. The molecule has 0 radical (unpaired) electrons. The summed E-state index contributed by atoms with van der Waals surface area (Å²) < 4.78 is 0. The lowest BCUT2D eigenvalue weighted by molar-refractivity contribution is -0.117. The summed E-state index contributed by atoms with van der Waals surface area (Å²) in [6.45, 7) is 2.86. The Morgan fingerprint density at radius 1 is 0.962 bits per heavy atom. The molecule has 1 aliphatic heterocycles. The van der Waals surface area contributed by atoms with Gasteiger partial charge >= 0.3 is 0 Å². The number of ketones is 2. The molecule has 0 fully saturated rings. The molecule has 4 rings (SSSR count). The minimum Gasteiger partial charge on any atom is -0.348 e. The van der Waals surface area contributed by atoms with Crippen LogP contribution in [0.1, 0.15) is 56.9 Å². The van der Waals surface area contributed by atoms with Gasteiger partial charge in [0.2, 0.25) is 0 Å². The SMILES string of the molecule is CCN1C2=C(C(=O)CCC2)C(c2ccc(Cl)cc2Cl)C2=C1CCCC2=O. The second-order valence-electron chi connectivity index (χ2n) is 7.12. The smallest absolute Gasteiger partial charge is 0.161 e. The Morgan fingerprint density at radius 3 is 2.04 bits per heavy atom. The fourth-order valence-corrected chi connectivity index (χ4v) is 5.16. The van der Waals surface area contributed by atoms with Gasteiger partial charge in [-0.05, 0) is 50.3 Å². The zero-order valence-corrected chi connectivity index (χ0v) is 16.3. The number of hydrogen-bond donors (Lipinski definition) is 0. The summed E-state index contributed by atoms with van der Waals surface area (Å²) in [5, 5.41) is 1.07. The third-order valence-corrected chi connectivity index (χ3v) is 6.24. The second-order valence-corrected chi connectivity index (χ2v) is 7.96. The van der Waals surface area contributed by atoms with E-state index in [4.69, 9.17) is 23.2 Å². The van der Waals surface area contributed by atoms with Gasteiger partial charge in [0.1, 0.15) is 0 Å². The minimum absolute atomic E-state index is 0.144. The van der Waals surface area contributed by atoms with Crippen LogP contribution in [-0.2, 0) is 9.59 Å². The Kier molecular flexibility index (Phi) is 4.70. The van der Waals surface area contributed by atoms with Crippen LogP contribution in [0.5, 0.6) is 0 Å². The van der Waals surface area contributed by atoms with Crippen LogP contribution in [0, 0.1) is 0 Å². The number of carbonyl (C=O) groups is 2. The van der Waals surface area contributed by atoms with E-state index in [0.717, 1.165) is 60.3 Å². The van der Waals surface area contributed by atoms with Crippen LogP contribution in [0.2, 0.25) is 10.0 Å². The van der Waals surface area contributed by atoms with E-state index in [0.29, 0.717) is 22.9 Å². The van der Waals surface area contributed by atoms with Crippen LogP contribution < -0.4 is 0 Å². The van der Waals surface area contributed by atoms with Gasteiger partial charge in [0.15, 0.2) is 11.6 Å². The molecular weight excluding hydrogens is 369 g/mol. The topological polar surface area (TPSA) is 37.4 Å².